The van der Waals surface area contributed by atoms with E-state index in [1.54, 1.807) is 25.3 Å². The van der Waals surface area contributed by atoms with E-state index in [-0.39, 0.29) is 11.9 Å². The van der Waals surface area contributed by atoms with E-state index in [1.165, 1.54) is 4.68 Å². The van der Waals surface area contributed by atoms with Crippen molar-refractivity contribution >= 4 is 22.9 Å². The van der Waals surface area contributed by atoms with Gasteiger partial charge in [-0.25, -0.2) is 0 Å². The number of aryl methyl sites for hydroxylation is 2. The fourth-order valence-corrected chi connectivity index (χ4v) is 2.55. The van der Waals surface area contributed by atoms with Gasteiger partial charge in [-0.3, -0.25) is 9.48 Å². The summed E-state index contributed by atoms with van der Waals surface area (Å²) in [6.45, 7) is 3.73. The van der Waals surface area contributed by atoms with Crippen molar-refractivity contribution in [1.29, 1.82) is 0 Å². The summed E-state index contributed by atoms with van der Waals surface area (Å²) in [5.74, 6) is -0.198. The highest BCUT2D eigenvalue weighted by Gasteiger charge is 2.20. The van der Waals surface area contributed by atoms with Crippen molar-refractivity contribution in [2.75, 3.05) is 5.73 Å². The lowest BCUT2D eigenvalue weighted by atomic mass is 10.2. The van der Waals surface area contributed by atoms with Crippen molar-refractivity contribution < 1.29 is 4.79 Å². The fourth-order valence-electron chi connectivity index (χ4n) is 1.82. The number of aromatic nitrogens is 2. The number of nitrogens with two attached hydrogens (primary N) is 1. The normalized spacial score (nSPS) is 12.4. The first-order chi connectivity index (χ1) is 8.50. The molecule has 0 bridgehead atoms. The van der Waals surface area contributed by atoms with E-state index in [4.69, 9.17) is 5.73 Å². The molecule has 2 aromatic rings. The quantitative estimate of drug-likeness (QED) is 0.888. The number of thiophene rings is 1. The topological polar surface area (TPSA) is 72.9 Å². The first-order valence-electron chi connectivity index (χ1n) is 5.64. The second kappa shape index (κ2) is 4.81. The molecule has 2 rings (SSSR count). The van der Waals surface area contributed by atoms with Crippen LogP contribution in [0.3, 0.4) is 0 Å². The zero-order valence-electron chi connectivity index (χ0n) is 10.6. The molecule has 0 aliphatic carbocycles. The number of nitrogen functional groups attached to an aromatic ring is 1. The minimum atomic E-state index is -0.198. The van der Waals surface area contributed by atoms with Crippen LogP contribution in [-0.2, 0) is 7.05 Å². The van der Waals surface area contributed by atoms with Crippen LogP contribution in [0.1, 0.15) is 34.0 Å². The largest absolute Gasteiger partial charge is 0.395 e. The Bertz CT molecular complexity index is 559. The van der Waals surface area contributed by atoms with Crippen LogP contribution in [-0.4, -0.2) is 15.7 Å². The molecule has 0 saturated carbocycles. The number of amides is 1. The Morgan fingerprint density at radius 2 is 2.33 bits per heavy atom. The average Bonchev–Trinajstić information content (AvgIpc) is 2.88. The van der Waals surface area contributed by atoms with Crippen LogP contribution in [0.5, 0.6) is 0 Å². The Hall–Kier alpha value is -1.82. The van der Waals surface area contributed by atoms with Crippen molar-refractivity contribution in [2.45, 2.75) is 19.9 Å². The molecule has 2 aromatic heterocycles. The minimum Gasteiger partial charge on any atom is -0.395 e. The lowest BCUT2D eigenvalue weighted by Gasteiger charge is -2.12. The predicted octanol–water partition coefficient (Wildman–Crippen LogP) is 1.86. The summed E-state index contributed by atoms with van der Waals surface area (Å²) in [6.07, 6.45) is 0. The van der Waals surface area contributed by atoms with Crippen molar-refractivity contribution in [3.8, 4) is 0 Å². The molecule has 0 spiro atoms. The van der Waals surface area contributed by atoms with Gasteiger partial charge in [0.25, 0.3) is 5.91 Å². The molecule has 0 saturated heterocycles. The van der Waals surface area contributed by atoms with E-state index in [1.807, 2.05) is 24.4 Å². The number of nitrogens with one attached hydrogen (secondary N) is 1. The van der Waals surface area contributed by atoms with Crippen LogP contribution in [0.4, 0.5) is 5.69 Å². The standard InChI is InChI=1S/C12H16N4OS/c1-7(9-5-4-6-18-9)14-12(17)11-10(13)8(2)15-16(11)3/h4-7H,13H2,1-3H3,(H,14,17). The number of carbonyl (C=O) groups excluding carboxylic acids is 1. The number of hydrogen-bond acceptors (Lipinski definition) is 4. The van der Waals surface area contributed by atoms with E-state index in [0.717, 1.165) is 4.88 Å². The smallest absolute Gasteiger partial charge is 0.272 e. The van der Waals surface area contributed by atoms with Gasteiger partial charge in [0.2, 0.25) is 0 Å². The van der Waals surface area contributed by atoms with Crippen LogP contribution in [0.15, 0.2) is 17.5 Å². The van der Waals surface area contributed by atoms with Crippen LogP contribution in [0.2, 0.25) is 0 Å². The average molecular weight is 264 g/mol. The molecule has 0 aromatic carbocycles. The molecule has 1 atom stereocenters. The van der Waals surface area contributed by atoms with E-state index in [2.05, 4.69) is 10.4 Å². The van der Waals surface area contributed by atoms with Crippen molar-refractivity contribution in [2.24, 2.45) is 7.05 Å². The van der Waals surface area contributed by atoms with Crippen molar-refractivity contribution in [3.05, 3.63) is 33.8 Å². The molecular weight excluding hydrogens is 248 g/mol. The van der Waals surface area contributed by atoms with Crippen LogP contribution >= 0.6 is 11.3 Å². The van der Waals surface area contributed by atoms with Crippen LogP contribution in [0.25, 0.3) is 0 Å². The molecule has 2 heterocycles. The molecule has 1 unspecified atom stereocenters. The highest BCUT2D eigenvalue weighted by Crippen LogP contribution is 2.20. The third-order valence-corrected chi connectivity index (χ3v) is 3.86. The molecule has 0 aliphatic rings. The van der Waals surface area contributed by atoms with E-state index in [9.17, 15) is 4.79 Å². The molecule has 6 heteroatoms. The van der Waals surface area contributed by atoms with Gasteiger partial charge in [0.15, 0.2) is 0 Å². The highest BCUT2D eigenvalue weighted by atomic mass is 32.1. The second-order valence-corrected chi connectivity index (χ2v) is 5.16. The molecule has 0 fully saturated rings. The highest BCUT2D eigenvalue weighted by molar-refractivity contribution is 7.10. The van der Waals surface area contributed by atoms with Crippen molar-refractivity contribution in [3.63, 3.8) is 0 Å². The number of carbonyl (C=O) groups is 1. The van der Waals surface area contributed by atoms with Gasteiger partial charge in [-0.15, -0.1) is 11.3 Å². The molecule has 5 nitrogen and oxygen atoms in total. The Kier molecular flexibility index (Phi) is 3.38. The van der Waals surface area contributed by atoms with E-state index < -0.39 is 0 Å². The van der Waals surface area contributed by atoms with Gasteiger partial charge in [0, 0.05) is 11.9 Å². The van der Waals surface area contributed by atoms with Gasteiger partial charge in [-0.1, -0.05) is 6.07 Å². The van der Waals surface area contributed by atoms with E-state index in [0.29, 0.717) is 17.1 Å². The maximum absolute atomic E-state index is 12.2. The van der Waals surface area contributed by atoms with E-state index >= 15 is 0 Å². The lowest BCUT2D eigenvalue weighted by molar-refractivity contribution is 0.0932. The zero-order chi connectivity index (χ0) is 13.3. The maximum atomic E-state index is 12.2. The number of rotatable bonds is 3. The van der Waals surface area contributed by atoms with Crippen molar-refractivity contribution in [1.82, 2.24) is 15.1 Å². The maximum Gasteiger partial charge on any atom is 0.272 e. The summed E-state index contributed by atoms with van der Waals surface area (Å²) in [5.41, 5.74) is 7.38. The molecule has 0 aliphatic heterocycles. The third kappa shape index (κ3) is 2.24. The van der Waals surface area contributed by atoms with Crippen LogP contribution < -0.4 is 11.1 Å². The monoisotopic (exact) mass is 264 g/mol. The summed E-state index contributed by atoms with van der Waals surface area (Å²) in [7, 11) is 1.72. The molecular formula is C12H16N4OS. The van der Waals surface area contributed by atoms with Gasteiger partial charge in [-0.2, -0.15) is 5.10 Å². The predicted molar refractivity (Wildman–Crippen MR) is 72.6 cm³/mol. The van der Waals surface area contributed by atoms with Crippen LogP contribution in [0, 0.1) is 6.92 Å². The Labute approximate surface area is 110 Å². The first-order valence-corrected chi connectivity index (χ1v) is 6.52. The SMILES string of the molecule is Cc1nn(C)c(C(=O)NC(C)c2cccs2)c1N. The number of anilines is 1. The Morgan fingerprint density at radius 3 is 2.83 bits per heavy atom. The van der Waals surface area contributed by atoms with Gasteiger partial charge in [0.1, 0.15) is 5.69 Å². The summed E-state index contributed by atoms with van der Waals surface area (Å²) < 4.78 is 1.52. The summed E-state index contributed by atoms with van der Waals surface area (Å²) in [5, 5.41) is 9.05. The number of nitrogens with zero attached hydrogens (tertiary/aromatic N) is 2. The fraction of sp³-hybridized carbons (Fsp3) is 0.333. The second-order valence-electron chi connectivity index (χ2n) is 4.18. The molecule has 1 amide bonds. The van der Waals surface area contributed by atoms with Gasteiger partial charge in [0.05, 0.1) is 17.4 Å². The molecule has 96 valence electrons. The summed E-state index contributed by atoms with van der Waals surface area (Å²) >= 11 is 1.61. The lowest BCUT2D eigenvalue weighted by Crippen LogP contribution is -2.28. The molecule has 18 heavy (non-hydrogen) atoms. The summed E-state index contributed by atoms with van der Waals surface area (Å²) in [4.78, 5) is 13.3. The van der Waals surface area contributed by atoms with Gasteiger partial charge in [-0.05, 0) is 25.3 Å². The molecule has 0 radical (unpaired) electrons. The molecule has 3 N–H and O–H groups in total. The minimum absolute atomic E-state index is 0.0351. The van der Waals surface area contributed by atoms with Gasteiger partial charge < -0.3 is 11.1 Å². The van der Waals surface area contributed by atoms with Gasteiger partial charge >= 0.3 is 0 Å². The zero-order valence-corrected chi connectivity index (χ0v) is 11.4. The Morgan fingerprint density at radius 1 is 1.61 bits per heavy atom. The third-order valence-electron chi connectivity index (χ3n) is 2.80. The number of hydrogen-bond donors (Lipinski definition) is 2. The Balaban J connectivity index is 2.17. The summed E-state index contributed by atoms with van der Waals surface area (Å²) in [6, 6.07) is 3.92. The first kappa shape index (κ1) is 12.6.